The molecule has 0 spiro atoms. The molecule has 0 bridgehead atoms. The highest BCUT2D eigenvalue weighted by molar-refractivity contribution is 5.87. The molecule has 86 valence electrons. The molecule has 16 heavy (non-hydrogen) atoms. The van der Waals surface area contributed by atoms with Crippen LogP contribution in [0.1, 0.15) is 25.0 Å². The van der Waals surface area contributed by atoms with Gasteiger partial charge in [-0.2, -0.15) is 0 Å². The Kier molecular flexibility index (Phi) is 3.53. The Hall–Kier alpha value is -1.57. The predicted octanol–water partition coefficient (Wildman–Crippen LogP) is 2.70. The van der Waals surface area contributed by atoms with Crippen molar-refractivity contribution in [1.82, 2.24) is 4.90 Å². The van der Waals surface area contributed by atoms with E-state index >= 15 is 0 Å². The summed E-state index contributed by atoms with van der Waals surface area (Å²) in [5, 5.41) is 0. The SMILES string of the molecule is C=Cc1ccc(C(C)(C)C(=O)N(C)C)cc1. The minimum Gasteiger partial charge on any atom is -0.348 e. The van der Waals surface area contributed by atoms with Crippen LogP contribution in [0, 0.1) is 0 Å². The van der Waals surface area contributed by atoms with Crippen LogP contribution in [0.15, 0.2) is 30.8 Å². The standard InChI is InChI=1S/C14H19NO/c1-6-11-7-9-12(10-8-11)14(2,3)13(16)15(4)5/h6-10H,1H2,2-5H3. The van der Waals surface area contributed by atoms with E-state index in [-0.39, 0.29) is 5.91 Å². The van der Waals surface area contributed by atoms with Gasteiger partial charge in [0.25, 0.3) is 0 Å². The van der Waals surface area contributed by atoms with Crippen molar-refractivity contribution in [3.8, 4) is 0 Å². The second-order valence-electron chi connectivity index (χ2n) is 4.65. The second kappa shape index (κ2) is 4.52. The molecule has 0 aliphatic heterocycles. The van der Waals surface area contributed by atoms with Crippen LogP contribution in [0.5, 0.6) is 0 Å². The number of rotatable bonds is 3. The fourth-order valence-corrected chi connectivity index (χ4v) is 1.72. The number of hydrogen-bond donors (Lipinski definition) is 0. The molecule has 1 amide bonds. The maximum absolute atomic E-state index is 12.0. The Balaban J connectivity index is 3.06. The van der Waals surface area contributed by atoms with Gasteiger partial charge in [-0.3, -0.25) is 4.79 Å². The highest BCUT2D eigenvalue weighted by Gasteiger charge is 2.30. The third-order valence-corrected chi connectivity index (χ3v) is 2.81. The van der Waals surface area contributed by atoms with Crippen molar-refractivity contribution in [2.75, 3.05) is 14.1 Å². The van der Waals surface area contributed by atoms with Gasteiger partial charge in [0.05, 0.1) is 5.41 Å². The first-order valence-corrected chi connectivity index (χ1v) is 5.34. The average molecular weight is 217 g/mol. The number of amides is 1. The molecule has 1 aromatic carbocycles. The highest BCUT2D eigenvalue weighted by Crippen LogP contribution is 2.25. The monoisotopic (exact) mass is 217 g/mol. The molecule has 1 rings (SSSR count). The molecule has 2 nitrogen and oxygen atoms in total. The summed E-state index contributed by atoms with van der Waals surface area (Å²) in [6, 6.07) is 7.93. The number of benzene rings is 1. The zero-order chi connectivity index (χ0) is 12.3. The summed E-state index contributed by atoms with van der Waals surface area (Å²) in [5.74, 6) is 0.110. The lowest BCUT2D eigenvalue weighted by atomic mass is 9.83. The van der Waals surface area contributed by atoms with Crippen LogP contribution in [0.4, 0.5) is 0 Å². The molecule has 0 fully saturated rings. The Bertz CT molecular complexity index is 388. The molecule has 0 aliphatic carbocycles. The quantitative estimate of drug-likeness (QED) is 0.762. The van der Waals surface area contributed by atoms with Crippen LogP contribution in [-0.4, -0.2) is 24.9 Å². The predicted molar refractivity (Wildman–Crippen MR) is 68.3 cm³/mol. The number of carbonyl (C=O) groups excluding carboxylic acids is 1. The first-order chi connectivity index (χ1) is 7.39. The lowest BCUT2D eigenvalue weighted by Crippen LogP contribution is -2.39. The van der Waals surface area contributed by atoms with E-state index in [0.29, 0.717) is 0 Å². The van der Waals surface area contributed by atoms with Crippen LogP contribution in [0.25, 0.3) is 6.08 Å². The van der Waals surface area contributed by atoms with E-state index in [4.69, 9.17) is 0 Å². The lowest BCUT2D eigenvalue weighted by Gasteiger charge is -2.27. The third kappa shape index (κ3) is 2.32. The summed E-state index contributed by atoms with van der Waals surface area (Å²) in [7, 11) is 3.56. The summed E-state index contributed by atoms with van der Waals surface area (Å²) in [6.07, 6.45) is 1.80. The fourth-order valence-electron chi connectivity index (χ4n) is 1.72. The van der Waals surface area contributed by atoms with Gasteiger partial charge in [0.2, 0.25) is 5.91 Å². The van der Waals surface area contributed by atoms with E-state index in [2.05, 4.69) is 6.58 Å². The maximum atomic E-state index is 12.0. The first kappa shape index (κ1) is 12.5. The molecule has 0 unspecified atom stereocenters. The Morgan fingerprint density at radius 1 is 1.25 bits per heavy atom. The van der Waals surface area contributed by atoms with Gasteiger partial charge in [0.1, 0.15) is 0 Å². The van der Waals surface area contributed by atoms with E-state index in [0.717, 1.165) is 11.1 Å². The molecule has 0 radical (unpaired) electrons. The van der Waals surface area contributed by atoms with Gasteiger partial charge in [0, 0.05) is 14.1 Å². The Labute approximate surface area is 97.6 Å². The minimum atomic E-state index is -0.483. The molecule has 1 aromatic rings. The number of hydrogen-bond acceptors (Lipinski definition) is 1. The van der Waals surface area contributed by atoms with Gasteiger partial charge in [-0.25, -0.2) is 0 Å². The summed E-state index contributed by atoms with van der Waals surface area (Å²) >= 11 is 0. The van der Waals surface area contributed by atoms with Crippen molar-refractivity contribution < 1.29 is 4.79 Å². The van der Waals surface area contributed by atoms with Gasteiger partial charge >= 0.3 is 0 Å². The Morgan fingerprint density at radius 3 is 2.12 bits per heavy atom. The van der Waals surface area contributed by atoms with Crippen LogP contribution in [0.3, 0.4) is 0 Å². The molecule has 0 heterocycles. The number of carbonyl (C=O) groups is 1. The topological polar surface area (TPSA) is 20.3 Å². The molecule has 0 saturated carbocycles. The minimum absolute atomic E-state index is 0.110. The van der Waals surface area contributed by atoms with E-state index in [9.17, 15) is 4.79 Å². The fraction of sp³-hybridized carbons (Fsp3) is 0.357. The summed E-state index contributed by atoms with van der Waals surface area (Å²) in [5.41, 5.74) is 1.61. The summed E-state index contributed by atoms with van der Waals surface area (Å²) in [4.78, 5) is 13.7. The second-order valence-corrected chi connectivity index (χ2v) is 4.65. The summed E-state index contributed by atoms with van der Waals surface area (Å²) in [6.45, 7) is 7.60. The van der Waals surface area contributed by atoms with Gasteiger partial charge in [-0.1, -0.05) is 36.9 Å². The molecule has 0 N–H and O–H groups in total. The Morgan fingerprint density at radius 2 is 1.75 bits per heavy atom. The van der Waals surface area contributed by atoms with E-state index in [1.54, 1.807) is 25.1 Å². The average Bonchev–Trinajstić information content (AvgIpc) is 2.28. The molecule has 0 atom stereocenters. The largest absolute Gasteiger partial charge is 0.348 e. The van der Waals surface area contributed by atoms with Gasteiger partial charge < -0.3 is 4.90 Å². The van der Waals surface area contributed by atoms with Crippen molar-refractivity contribution in [3.05, 3.63) is 42.0 Å². The smallest absolute Gasteiger partial charge is 0.232 e. The highest BCUT2D eigenvalue weighted by atomic mass is 16.2. The maximum Gasteiger partial charge on any atom is 0.232 e. The molecular weight excluding hydrogens is 198 g/mol. The lowest BCUT2D eigenvalue weighted by molar-refractivity contribution is -0.133. The van der Waals surface area contributed by atoms with Crippen LogP contribution >= 0.6 is 0 Å². The van der Waals surface area contributed by atoms with E-state index < -0.39 is 5.41 Å². The van der Waals surface area contributed by atoms with Crippen LogP contribution in [-0.2, 0) is 10.2 Å². The van der Waals surface area contributed by atoms with Crippen molar-refractivity contribution in [2.45, 2.75) is 19.3 Å². The molecule has 2 heteroatoms. The van der Waals surface area contributed by atoms with Crippen LogP contribution < -0.4 is 0 Å². The molecule has 0 aliphatic rings. The van der Waals surface area contributed by atoms with E-state index in [1.807, 2.05) is 38.1 Å². The van der Waals surface area contributed by atoms with Gasteiger partial charge in [0.15, 0.2) is 0 Å². The molecule has 0 saturated heterocycles. The van der Waals surface area contributed by atoms with Crippen molar-refractivity contribution in [1.29, 1.82) is 0 Å². The van der Waals surface area contributed by atoms with Crippen molar-refractivity contribution >= 4 is 12.0 Å². The van der Waals surface area contributed by atoms with Gasteiger partial charge in [-0.15, -0.1) is 0 Å². The number of likely N-dealkylation sites (N-methyl/N-ethyl adjacent to an activating group) is 1. The molecular formula is C14H19NO. The van der Waals surface area contributed by atoms with Crippen molar-refractivity contribution in [2.24, 2.45) is 0 Å². The normalized spacial score (nSPS) is 11.0. The summed E-state index contributed by atoms with van der Waals surface area (Å²) < 4.78 is 0. The number of nitrogens with zero attached hydrogens (tertiary/aromatic N) is 1. The zero-order valence-corrected chi connectivity index (χ0v) is 10.4. The molecule has 0 aromatic heterocycles. The first-order valence-electron chi connectivity index (χ1n) is 5.34. The third-order valence-electron chi connectivity index (χ3n) is 2.81. The van der Waals surface area contributed by atoms with E-state index in [1.165, 1.54) is 0 Å². The van der Waals surface area contributed by atoms with Crippen molar-refractivity contribution in [3.63, 3.8) is 0 Å². The van der Waals surface area contributed by atoms with Crippen LogP contribution in [0.2, 0.25) is 0 Å². The van der Waals surface area contributed by atoms with Gasteiger partial charge in [-0.05, 0) is 25.0 Å². The zero-order valence-electron chi connectivity index (χ0n) is 10.4.